The number of hydrogen-bond acceptors (Lipinski definition) is 6. The van der Waals surface area contributed by atoms with E-state index in [9.17, 15) is 18.0 Å². The van der Waals surface area contributed by atoms with Crippen molar-refractivity contribution in [2.75, 3.05) is 50.0 Å². The van der Waals surface area contributed by atoms with Crippen molar-refractivity contribution in [1.29, 1.82) is 0 Å². The molecule has 0 N–H and O–H groups in total. The van der Waals surface area contributed by atoms with Crippen LogP contribution in [0.25, 0.3) is 0 Å². The number of piperazine rings is 1. The average Bonchev–Trinajstić information content (AvgIpc) is 2.81. The normalized spacial score (nSPS) is 14.0. The molecule has 0 radical (unpaired) electrons. The Balaban J connectivity index is 1.54. The summed E-state index contributed by atoms with van der Waals surface area (Å²) in [6.45, 7) is 3.83. The second kappa shape index (κ2) is 11.0. The lowest BCUT2D eigenvalue weighted by Crippen LogP contribution is -2.51. The number of ether oxygens (including phenoxy) is 2. The van der Waals surface area contributed by atoms with E-state index < -0.39 is 10.0 Å². The summed E-state index contributed by atoms with van der Waals surface area (Å²) in [5, 5.41) is 0. The predicted octanol–water partition coefficient (Wildman–Crippen LogP) is 2.33. The Morgan fingerprint density at radius 3 is 2.12 bits per heavy atom. The Hall–Kier alpha value is -3.27. The van der Waals surface area contributed by atoms with E-state index >= 15 is 0 Å². The number of amides is 2. The highest BCUT2D eigenvalue weighted by atomic mass is 32.2. The maximum Gasteiger partial charge on any atom is 0.409 e. The summed E-state index contributed by atoms with van der Waals surface area (Å²) in [7, 11) is -3.49. The van der Waals surface area contributed by atoms with Gasteiger partial charge in [-0.05, 0) is 36.8 Å². The summed E-state index contributed by atoms with van der Waals surface area (Å²) in [5.74, 6) is 0.287. The minimum atomic E-state index is -3.49. The quantitative estimate of drug-likeness (QED) is 0.582. The van der Waals surface area contributed by atoms with E-state index in [-0.39, 0.29) is 25.2 Å². The van der Waals surface area contributed by atoms with E-state index in [1.165, 1.54) is 10.6 Å². The molecule has 0 atom stereocenters. The molecule has 0 aromatic heterocycles. The van der Waals surface area contributed by atoms with E-state index in [1.54, 1.807) is 41.0 Å². The molecule has 1 heterocycles. The predicted molar refractivity (Wildman–Crippen MR) is 125 cm³/mol. The SMILES string of the molecule is CCOC(=O)N1CCN(C(=O)COc2ccc(N(Cc3ccccc3)S(C)(=O)=O)cc2)CC1. The number of carbonyl (C=O) groups is 2. The van der Waals surface area contributed by atoms with Gasteiger partial charge in [-0.25, -0.2) is 13.2 Å². The fourth-order valence-corrected chi connectivity index (χ4v) is 4.34. The topological polar surface area (TPSA) is 96.5 Å². The summed E-state index contributed by atoms with van der Waals surface area (Å²) in [6, 6.07) is 15.9. The van der Waals surface area contributed by atoms with Gasteiger partial charge < -0.3 is 19.3 Å². The van der Waals surface area contributed by atoms with Gasteiger partial charge in [0.2, 0.25) is 10.0 Å². The molecule has 0 aliphatic carbocycles. The second-order valence-electron chi connectivity index (χ2n) is 7.60. The van der Waals surface area contributed by atoms with Crippen molar-refractivity contribution in [2.24, 2.45) is 0 Å². The minimum Gasteiger partial charge on any atom is -0.484 e. The number of carbonyl (C=O) groups excluding carboxylic acids is 2. The third kappa shape index (κ3) is 6.85. The Morgan fingerprint density at radius 1 is 0.939 bits per heavy atom. The van der Waals surface area contributed by atoms with Crippen LogP contribution >= 0.6 is 0 Å². The molecule has 2 aromatic carbocycles. The summed E-state index contributed by atoms with van der Waals surface area (Å²) in [5.41, 5.74) is 1.38. The van der Waals surface area contributed by atoms with E-state index in [2.05, 4.69) is 0 Å². The minimum absolute atomic E-state index is 0.140. The van der Waals surface area contributed by atoms with Crippen molar-refractivity contribution >= 4 is 27.7 Å². The summed E-state index contributed by atoms with van der Waals surface area (Å²) in [6.07, 6.45) is 0.803. The zero-order valence-corrected chi connectivity index (χ0v) is 19.7. The van der Waals surface area contributed by atoms with Crippen molar-refractivity contribution in [3.63, 3.8) is 0 Å². The van der Waals surface area contributed by atoms with Gasteiger partial charge in [0.1, 0.15) is 5.75 Å². The van der Waals surface area contributed by atoms with Crippen molar-refractivity contribution in [2.45, 2.75) is 13.5 Å². The number of anilines is 1. The van der Waals surface area contributed by atoms with Crippen LogP contribution in [0.5, 0.6) is 5.75 Å². The van der Waals surface area contributed by atoms with E-state index in [4.69, 9.17) is 9.47 Å². The molecule has 0 unspecified atom stereocenters. The van der Waals surface area contributed by atoms with E-state index in [0.29, 0.717) is 44.2 Å². The maximum absolute atomic E-state index is 12.5. The molecule has 10 heteroatoms. The van der Waals surface area contributed by atoms with Crippen LogP contribution in [0.1, 0.15) is 12.5 Å². The highest BCUT2D eigenvalue weighted by Gasteiger charge is 2.25. The van der Waals surface area contributed by atoms with Gasteiger partial charge in [-0.3, -0.25) is 9.10 Å². The molecule has 1 aliphatic rings. The van der Waals surface area contributed by atoms with Gasteiger partial charge in [-0.1, -0.05) is 30.3 Å². The number of hydrogen-bond donors (Lipinski definition) is 0. The lowest BCUT2D eigenvalue weighted by atomic mass is 10.2. The monoisotopic (exact) mass is 475 g/mol. The molecule has 0 bridgehead atoms. The molecule has 3 rings (SSSR count). The van der Waals surface area contributed by atoms with Crippen molar-refractivity contribution < 1.29 is 27.5 Å². The fraction of sp³-hybridized carbons (Fsp3) is 0.391. The second-order valence-corrected chi connectivity index (χ2v) is 9.51. The summed E-state index contributed by atoms with van der Waals surface area (Å²) in [4.78, 5) is 27.4. The summed E-state index contributed by atoms with van der Waals surface area (Å²) < 4.78 is 36.6. The largest absolute Gasteiger partial charge is 0.484 e. The van der Waals surface area contributed by atoms with Crippen LogP contribution in [0.3, 0.4) is 0 Å². The molecular formula is C23H29N3O6S. The fourth-order valence-electron chi connectivity index (χ4n) is 3.45. The maximum atomic E-state index is 12.5. The smallest absolute Gasteiger partial charge is 0.409 e. The lowest BCUT2D eigenvalue weighted by Gasteiger charge is -2.33. The Morgan fingerprint density at radius 2 is 1.55 bits per heavy atom. The molecule has 0 spiro atoms. The molecule has 33 heavy (non-hydrogen) atoms. The Labute approximate surface area is 194 Å². The third-order valence-electron chi connectivity index (χ3n) is 5.21. The van der Waals surface area contributed by atoms with Gasteiger partial charge in [-0.15, -0.1) is 0 Å². The van der Waals surface area contributed by atoms with Crippen molar-refractivity contribution in [1.82, 2.24) is 9.80 Å². The molecular weight excluding hydrogens is 446 g/mol. The van der Waals surface area contributed by atoms with Crippen LogP contribution < -0.4 is 9.04 Å². The summed E-state index contributed by atoms with van der Waals surface area (Å²) >= 11 is 0. The van der Waals surface area contributed by atoms with Crippen LogP contribution in [0, 0.1) is 0 Å². The van der Waals surface area contributed by atoms with Gasteiger partial charge >= 0.3 is 6.09 Å². The number of rotatable bonds is 8. The first-order valence-electron chi connectivity index (χ1n) is 10.7. The molecule has 0 saturated carbocycles. The van der Waals surface area contributed by atoms with Gasteiger partial charge in [0.05, 0.1) is 25.1 Å². The number of nitrogens with zero attached hydrogens (tertiary/aromatic N) is 3. The molecule has 1 fully saturated rings. The molecule has 2 amide bonds. The molecule has 1 aliphatic heterocycles. The van der Waals surface area contributed by atoms with Crippen LogP contribution in [0.4, 0.5) is 10.5 Å². The van der Waals surface area contributed by atoms with Gasteiger partial charge in [0, 0.05) is 26.2 Å². The molecule has 2 aromatic rings. The van der Waals surface area contributed by atoms with Crippen LogP contribution in [-0.4, -0.2) is 75.9 Å². The van der Waals surface area contributed by atoms with Crippen LogP contribution in [0.15, 0.2) is 54.6 Å². The molecule has 1 saturated heterocycles. The van der Waals surface area contributed by atoms with E-state index in [0.717, 1.165) is 5.56 Å². The first-order chi connectivity index (χ1) is 15.8. The number of benzene rings is 2. The zero-order chi connectivity index (χ0) is 23.8. The molecule has 9 nitrogen and oxygen atoms in total. The van der Waals surface area contributed by atoms with Gasteiger partial charge in [0.25, 0.3) is 5.91 Å². The van der Waals surface area contributed by atoms with Crippen molar-refractivity contribution in [3.8, 4) is 5.75 Å². The average molecular weight is 476 g/mol. The van der Waals surface area contributed by atoms with Gasteiger partial charge in [0.15, 0.2) is 6.61 Å². The number of sulfonamides is 1. The highest BCUT2D eigenvalue weighted by molar-refractivity contribution is 7.92. The van der Waals surface area contributed by atoms with Crippen molar-refractivity contribution in [3.05, 3.63) is 60.2 Å². The Bertz CT molecular complexity index is 1040. The first kappa shape index (κ1) is 24.4. The standard InChI is InChI=1S/C23H29N3O6S/c1-3-31-23(28)25-15-13-24(14-16-25)22(27)18-32-21-11-9-20(10-12-21)26(33(2,29)30)17-19-7-5-4-6-8-19/h4-12H,3,13-18H2,1-2H3. The third-order valence-corrected chi connectivity index (χ3v) is 6.36. The highest BCUT2D eigenvalue weighted by Crippen LogP contribution is 2.24. The Kier molecular flexibility index (Phi) is 8.16. The van der Waals surface area contributed by atoms with Crippen LogP contribution in [-0.2, 0) is 26.1 Å². The molecule has 178 valence electrons. The van der Waals surface area contributed by atoms with Gasteiger partial charge in [-0.2, -0.15) is 0 Å². The van der Waals surface area contributed by atoms with Crippen LogP contribution in [0.2, 0.25) is 0 Å². The zero-order valence-electron chi connectivity index (χ0n) is 18.8. The lowest BCUT2D eigenvalue weighted by molar-refractivity contribution is -0.134. The van der Waals surface area contributed by atoms with E-state index in [1.807, 2.05) is 30.3 Å². The first-order valence-corrected chi connectivity index (χ1v) is 12.6.